The lowest BCUT2D eigenvalue weighted by molar-refractivity contribution is -0.142. The maximum atomic E-state index is 12.0. The molecule has 1 heterocycles. The SMILES string of the molecule is Oc1cc(I)cnc1C(F)(F)F. The number of aromatic hydroxyl groups is 1. The molecule has 0 radical (unpaired) electrons. The molecule has 0 aromatic carbocycles. The zero-order valence-electron chi connectivity index (χ0n) is 5.56. The first-order valence-electron chi connectivity index (χ1n) is 2.83. The quantitative estimate of drug-likeness (QED) is 0.744. The Bertz CT molecular complexity index is 299. The average molecular weight is 289 g/mol. The third-order valence-electron chi connectivity index (χ3n) is 1.10. The van der Waals surface area contributed by atoms with Crippen molar-refractivity contribution in [1.29, 1.82) is 0 Å². The van der Waals surface area contributed by atoms with Gasteiger partial charge in [-0.3, -0.25) is 0 Å². The Morgan fingerprint density at radius 2 is 2.00 bits per heavy atom. The highest BCUT2D eigenvalue weighted by Crippen LogP contribution is 2.33. The van der Waals surface area contributed by atoms with Gasteiger partial charge in [0.05, 0.1) is 0 Å². The van der Waals surface area contributed by atoms with Crippen molar-refractivity contribution in [2.75, 3.05) is 0 Å². The lowest BCUT2D eigenvalue weighted by atomic mass is 10.3. The van der Waals surface area contributed by atoms with Gasteiger partial charge in [0.25, 0.3) is 0 Å². The number of hydrogen-bond acceptors (Lipinski definition) is 2. The molecule has 1 aromatic rings. The van der Waals surface area contributed by atoms with Crippen molar-refractivity contribution in [2.45, 2.75) is 6.18 Å². The molecule has 1 rings (SSSR count). The Balaban J connectivity index is 3.19. The van der Waals surface area contributed by atoms with Crippen LogP contribution >= 0.6 is 22.6 Å². The molecule has 0 aliphatic rings. The van der Waals surface area contributed by atoms with Gasteiger partial charge in [0, 0.05) is 9.77 Å². The molecule has 1 aromatic heterocycles. The predicted molar refractivity (Wildman–Crippen MR) is 43.6 cm³/mol. The third kappa shape index (κ3) is 1.99. The van der Waals surface area contributed by atoms with Crippen molar-refractivity contribution in [3.63, 3.8) is 0 Å². The lowest BCUT2D eigenvalue weighted by Crippen LogP contribution is -2.08. The van der Waals surface area contributed by atoms with E-state index >= 15 is 0 Å². The Hall–Kier alpha value is -0.530. The van der Waals surface area contributed by atoms with E-state index in [0.29, 0.717) is 3.57 Å². The number of pyridine rings is 1. The van der Waals surface area contributed by atoms with Gasteiger partial charge in [-0.1, -0.05) is 0 Å². The molecule has 0 atom stereocenters. The summed E-state index contributed by atoms with van der Waals surface area (Å²) in [5, 5.41) is 8.84. The van der Waals surface area contributed by atoms with Crippen LogP contribution in [0.3, 0.4) is 0 Å². The van der Waals surface area contributed by atoms with E-state index in [-0.39, 0.29) is 0 Å². The summed E-state index contributed by atoms with van der Waals surface area (Å²) in [5.74, 6) is -0.839. The van der Waals surface area contributed by atoms with Crippen LogP contribution in [0.4, 0.5) is 13.2 Å². The highest BCUT2D eigenvalue weighted by molar-refractivity contribution is 14.1. The number of hydrogen-bond donors (Lipinski definition) is 1. The molecule has 0 amide bonds. The van der Waals surface area contributed by atoms with E-state index in [9.17, 15) is 13.2 Å². The molecule has 0 fully saturated rings. The molecule has 0 saturated carbocycles. The second kappa shape index (κ2) is 3.08. The van der Waals surface area contributed by atoms with E-state index in [0.717, 1.165) is 12.3 Å². The smallest absolute Gasteiger partial charge is 0.437 e. The molecule has 12 heavy (non-hydrogen) atoms. The minimum Gasteiger partial charge on any atom is -0.506 e. The number of rotatable bonds is 0. The lowest BCUT2D eigenvalue weighted by Gasteiger charge is -2.06. The standard InChI is InChI=1S/C6H3F3INO/c7-6(8,9)5-4(12)1-3(10)2-11-5/h1-2,12H. The molecule has 66 valence electrons. The third-order valence-corrected chi connectivity index (χ3v) is 1.69. The average Bonchev–Trinajstić information content (AvgIpc) is 1.83. The van der Waals surface area contributed by atoms with E-state index < -0.39 is 17.6 Å². The Kier molecular flexibility index (Phi) is 2.45. The van der Waals surface area contributed by atoms with Gasteiger partial charge in [-0.2, -0.15) is 13.2 Å². The zero-order chi connectivity index (χ0) is 9.35. The number of halogens is 4. The van der Waals surface area contributed by atoms with Gasteiger partial charge in [-0.05, 0) is 28.7 Å². The second-order valence-electron chi connectivity index (χ2n) is 2.02. The molecule has 0 unspecified atom stereocenters. The maximum absolute atomic E-state index is 12.0. The normalized spacial score (nSPS) is 11.7. The molecule has 1 N–H and O–H groups in total. The minimum absolute atomic E-state index is 0.457. The number of nitrogens with zero attached hydrogens (tertiary/aromatic N) is 1. The first kappa shape index (κ1) is 9.56. The summed E-state index contributed by atoms with van der Waals surface area (Å²) < 4.78 is 36.3. The van der Waals surface area contributed by atoms with E-state index in [2.05, 4.69) is 4.98 Å². The van der Waals surface area contributed by atoms with Gasteiger partial charge in [0.2, 0.25) is 0 Å². The fourth-order valence-corrected chi connectivity index (χ4v) is 1.08. The molecule has 0 spiro atoms. The van der Waals surface area contributed by atoms with Gasteiger partial charge in [-0.25, -0.2) is 4.98 Å². The summed E-state index contributed by atoms with van der Waals surface area (Å²) in [7, 11) is 0. The zero-order valence-corrected chi connectivity index (χ0v) is 7.72. The summed E-state index contributed by atoms with van der Waals surface area (Å²) in [6.07, 6.45) is -3.54. The summed E-state index contributed by atoms with van der Waals surface area (Å²) in [6.45, 7) is 0. The van der Waals surface area contributed by atoms with E-state index in [1.165, 1.54) is 0 Å². The van der Waals surface area contributed by atoms with Crippen LogP contribution in [0.2, 0.25) is 0 Å². The monoisotopic (exact) mass is 289 g/mol. The van der Waals surface area contributed by atoms with Crippen LogP contribution in [0.1, 0.15) is 5.69 Å². The van der Waals surface area contributed by atoms with Gasteiger partial charge in [0.15, 0.2) is 5.69 Å². The molecule has 0 saturated heterocycles. The van der Waals surface area contributed by atoms with Crippen LogP contribution in [0.25, 0.3) is 0 Å². The highest BCUT2D eigenvalue weighted by Gasteiger charge is 2.35. The van der Waals surface area contributed by atoms with Crippen molar-refractivity contribution >= 4 is 22.6 Å². The largest absolute Gasteiger partial charge is 0.506 e. The van der Waals surface area contributed by atoms with E-state index in [1.54, 1.807) is 22.6 Å². The summed E-state index contributed by atoms with van der Waals surface area (Å²) in [4.78, 5) is 3.07. The molecule has 0 aliphatic carbocycles. The first-order valence-corrected chi connectivity index (χ1v) is 3.91. The molecule has 0 bridgehead atoms. The van der Waals surface area contributed by atoms with Crippen LogP contribution in [0, 0.1) is 3.57 Å². The summed E-state index contributed by atoms with van der Waals surface area (Å²) in [5.41, 5.74) is -1.25. The van der Waals surface area contributed by atoms with E-state index in [1.807, 2.05) is 0 Å². The van der Waals surface area contributed by atoms with Crippen LogP contribution in [0.15, 0.2) is 12.3 Å². The second-order valence-corrected chi connectivity index (χ2v) is 3.26. The predicted octanol–water partition coefficient (Wildman–Crippen LogP) is 2.41. The number of aromatic nitrogens is 1. The first-order chi connectivity index (χ1) is 5.41. The molecule has 2 nitrogen and oxygen atoms in total. The molecular weight excluding hydrogens is 286 g/mol. The van der Waals surface area contributed by atoms with Gasteiger partial charge in [-0.15, -0.1) is 0 Å². The minimum atomic E-state index is -4.59. The van der Waals surface area contributed by atoms with Crippen molar-refractivity contribution in [3.05, 3.63) is 21.5 Å². The van der Waals surface area contributed by atoms with Gasteiger partial charge < -0.3 is 5.11 Å². The van der Waals surface area contributed by atoms with Crippen LogP contribution < -0.4 is 0 Å². The maximum Gasteiger partial charge on any atom is 0.437 e. The fraction of sp³-hybridized carbons (Fsp3) is 0.167. The topological polar surface area (TPSA) is 33.1 Å². The Morgan fingerprint density at radius 3 is 2.42 bits per heavy atom. The number of alkyl halides is 3. The van der Waals surface area contributed by atoms with Crippen LogP contribution in [-0.4, -0.2) is 10.1 Å². The molecular formula is C6H3F3INO. The Morgan fingerprint density at radius 1 is 1.42 bits per heavy atom. The van der Waals surface area contributed by atoms with Crippen LogP contribution in [-0.2, 0) is 6.18 Å². The summed E-state index contributed by atoms with van der Waals surface area (Å²) >= 11 is 1.76. The summed E-state index contributed by atoms with van der Waals surface area (Å²) in [6, 6.07) is 1.01. The van der Waals surface area contributed by atoms with Crippen molar-refractivity contribution in [1.82, 2.24) is 4.98 Å². The molecule has 0 aliphatic heterocycles. The van der Waals surface area contributed by atoms with Crippen molar-refractivity contribution in [3.8, 4) is 5.75 Å². The van der Waals surface area contributed by atoms with E-state index in [4.69, 9.17) is 5.11 Å². The van der Waals surface area contributed by atoms with Crippen LogP contribution in [0.5, 0.6) is 5.75 Å². The van der Waals surface area contributed by atoms with Crippen molar-refractivity contribution in [2.24, 2.45) is 0 Å². The molecule has 6 heteroatoms. The van der Waals surface area contributed by atoms with Gasteiger partial charge >= 0.3 is 6.18 Å². The highest BCUT2D eigenvalue weighted by atomic mass is 127. The fourth-order valence-electron chi connectivity index (χ4n) is 0.647. The van der Waals surface area contributed by atoms with Crippen molar-refractivity contribution < 1.29 is 18.3 Å². The Labute approximate surface area is 79.6 Å². The van der Waals surface area contributed by atoms with Gasteiger partial charge in [0.1, 0.15) is 5.75 Å².